The lowest BCUT2D eigenvalue weighted by atomic mass is 9.73. The lowest BCUT2D eigenvalue weighted by Crippen LogP contribution is -2.59. The minimum absolute atomic E-state index is 0.0182. The second kappa shape index (κ2) is 7.62. The first-order chi connectivity index (χ1) is 12.4. The van der Waals surface area contributed by atoms with E-state index in [2.05, 4.69) is 20.6 Å². The number of carbonyl (C=O) groups is 1. The van der Waals surface area contributed by atoms with Crippen LogP contribution in [0.25, 0.3) is 0 Å². The van der Waals surface area contributed by atoms with Gasteiger partial charge in [0.1, 0.15) is 17.8 Å². The Morgan fingerprint density at radius 3 is 2.96 bits per heavy atom. The van der Waals surface area contributed by atoms with E-state index in [1.165, 1.54) is 13.3 Å². The summed E-state index contributed by atoms with van der Waals surface area (Å²) in [5, 5.41) is 14.7. The van der Waals surface area contributed by atoms with Crippen LogP contribution in [-0.2, 0) is 4.79 Å². The topological polar surface area (TPSA) is 99.9 Å². The maximum atomic E-state index is 14.2. The van der Waals surface area contributed by atoms with Gasteiger partial charge in [0.2, 0.25) is 17.7 Å². The summed E-state index contributed by atoms with van der Waals surface area (Å²) in [5.74, 6) is -0.0730. The van der Waals surface area contributed by atoms with Crippen molar-refractivity contribution in [3.63, 3.8) is 0 Å². The number of halogens is 2. The number of anilines is 1. The molecule has 0 bridgehead atoms. The lowest BCUT2D eigenvalue weighted by molar-refractivity contribution is -0.131. The van der Waals surface area contributed by atoms with Gasteiger partial charge in [-0.15, -0.1) is 11.6 Å². The van der Waals surface area contributed by atoms with Gasteiger partial charge in [0, 0.05) is 11.4 Å². The fourth-order valence-corrected chi connectivity index (χ4v) is 4.22. The van der Waals surface area contributed by atoms with E-state index in [0.29, 0.717) is 12.8 Å². The van der Waals surface area contributed by atoms with E-state index < -0.39 is 12.2 Å². The zero-order valence-electron chi connectivity index (χ0n) is 14.6. The zero-order valence-corrected chi connectivity index (χ0v) is 15.3. The van der Waals surface area contributed by atoms with E-state index in [1.807, 2.05) is 13.0 Å². The fraction of sp³-hybridized carbons (Fsp3) is 0.647. The van der Waals surface area contributed by atoms with E-state index >= 15 is 0 Å². The second-order valence-corrected chi connectivity index (χ2v) is 7.50. The van der Waals surface area contributed by atoms with Gasteiger partial charge in [-0.1, -0.05) is 0 Å². The summed E-state index contributed by atoms with van der Waals surface area (Å²) in [6.45, 7) is 1.85. The van der Waals surface area contributed by atoms with Crippen molar-refractivity contribution in [2.24, 2.45) is 11.8 Å². The minimum Gasteiger partial charge on any atom is -0.480 e. The number of alkyl halides is 2. The van der Waals surface area contributed by atoms with Crippen LogP contribution in [0.5, 0.6) is 5.88 Å². The number of hydrogen-bond acceptors (Lipinski definition) is 6. The maximum absolute atomic E-state index is 14.2. The molecule has 9 heteroatoms. The van der Waals surface area contributed by atoms with E-state index in [4.69, 9.17) is 21.6 Å². The van der Waals surface area contributed by atoms with Crippen molar-refractivity contribution < 1.29 is 13.9 Å². The number of hydrogen-bond donors (Lipinski definition) is 2. The van der Waals surface area contributed by atoms with E-state index in [-0.39, 0.29) is 53.0 Å². The Labute approximate surface area is 156 Å². The summed E-state index contributed by atoms with van der Waals surface area (Å²) in [6, 6.07) is 1.22. The fourth-order valence-electron chi connectivity index (χ4n) is 3.82. The van der Waals surface area contributed by atoms with Gasteiger partial charge in [0.15, 0.2) is 0 Å². The smallest absolute Gasteiger partial charge is 0.236 e. The van der Waals surface area contributed by atoms with E-state index in [9.17, 15) is 9.18 Å². The summed E-state index contributed by atoms with van der Waals surface area (Å²) in [4.78, 5) is 20.7. The van der Waals surface area contributed by atoms with Crippen LogP contribution in [0.4, 0.5) is 10.3 Å². The lowest BCUT2D eigenvalue weighted by Gasteiger charge is -2.43. The highest BCUT2D eigenvalue weighted by molar-refractivity contribution is 6.20. The highest BCUT2D eigenvalue weighted by Crippen LogP contribution is 2.38. The van der Waals surface area contributed by atoms with Gasteiger partial charge in [0.05, 0.1) is 25.3 Å². The average Bonchev–Trinajstić information content (AvgIpc) is 2.61. The molecule has 140 valence electrons. The van der Waals surface area contributed by atoms with Crippen LogP contribution in [0.1, 0.15) is 31.7 Å². The van der Waals surface area contributed by atoms with Crippen molar-refractivity contribution in [1.82, 2.24) is 15.3 Å². The van der Waals surface area contributed by atoms with Gasteiger partial charge in [-0.2, -0.15) is 10.2 Å². The van der Waals surface area contributed by atoms with Crippen molar-refractivity contribution in [2.75, 3.05) is 12.4 Å². The van der Waals surface area contributed by atoms with Crippen LogP contribution >= 0.6 is 11.6 Å². The molecule has 1 aliphatic heterocycles. The molecule has 6 atom stereocenters. The predicted molar refractivity (Wildman–Crippen MR) is 93.7 cm³/mol. The Morgan fingerprint density at radius 1 is 1.50 bits per heavy atom. The SMILES string of the molecule is COc1nc(N[C@@H](C)C2CC3CC(Cl)CC(F)C3NC2=O)ncc1C#N. The van der Waals surface area contributed by atoms with Crippen LogP contribution in [-0.4, -0.2) is 46.6 Å². The molecule has 2 N–H and O–H groups in total. The summed E-state index contributed by atoms with van der Waals surface area (Å²) >= 11 is 6.16. The molecule has 2 heterocycles. The molecule has 0 aromatic carbocycles. The molecule has 0 spiro atoms. The van der Waals surface area contributed by atoms with Crippen LogP contribution in [0.3, 0.4) is 0 Å². The van der Waals surface area contributed by atoms with Gasteiger partial charge in [0.25, 0.3) is 0 Å². The third-order valence-corrected chi connectivity index (χ3v) is 5.52. The number of carbonyl (C=O) groups excluding carboxylic acids is 1. The molecule has 5 unspecified atom stereocenters. The number of fused-ring (bicyclic) bond motifs is 1. The molecular formula is C17H21ClFN5O2. The molecule has 2 fully saturated rings. The van der Waals surface area contributed by atoms with Gasteiger partial charge in [-0.3, -0.25) is 4.79 Å². The third kappa shape index (κ3) is 3.68. The Morgan fingerprint density at radius 2 is 2.27 bits per heavy atom. The molecule has 1 aromatic rings. The van der Waals surface area contributed by atoms with Crippen LogP contribution in [0.15, 0.2) is 6.20 Å². The van der Waals surface area contributed by atoms with Gasteiger partial charge < -0.3 is 15.4 Å². The quantitative estimate of drug-likeness (QED) is 0.774. The largest absolute Gasteiger partial charge is 0.480 e. The molecule has 1 amide bonds. The van der Waals surface area contributed by atoms with Crippen LogP contribution < -0.4 is 15.4 Å². The number of nitrogens with zero attached hydrogens (tertiary/aromatic N) is 3. The Hall–Kier alpha value is -2.14. The summed E-state index contributed by atoms with van der Waals surface area (Å²) in [5.41, 5.74) is 0.230. The highest BCUT2D eigenvalue weighted by Gasteiger charge is 2.45. The van der Waals surface area contributed by atoms with Crippen molar-refractivity contribution in [1.29, 1.82) is 5.26 Å². The molecule has 26 heavy (non-hydrogen) atoms. The van der Waals surface area contributed by atoms with Crippen molar-refractivity contribution in [3.05, 3.63) is 11.8 Å². The van der Waals surface area contributed by atoms with Crippen molar-refractivity contribution in [2.45, 2.75) is 49.8 Å². The summed E-state index contributed by atoms with van der Waals surface area (Å²) in [6.07, 6.45) is 1.79. The number of ether oxygens (including phenoxy) is 1. The van der Waals surface area contributed by atoms with Crippen molar-refractivity contribution in [3.8, 4) is 11.9 Å². The Balaban J connectivity index is 1.71. The molecular weight excluding hydrogens is 361 g/mol. The number of rotatable bonds is 4. The van der Waals surface area contributed by atoms with Crippen LogP contribution in [0.2, 0.25) is 0 Å². The second-order valence-electron chi connectivity index (χ2n) is 6.88. The summed E-state index contributed by atoms with van der Waals surface area (Å²) < 4.78 is 19.3. The maximum Gasteiger partial charge on any atom is 0.236 e. The van der Waals surface area contributed by atoms with Gasteiger partial charge >= 0.3 is 0 Å². The first-order valence-electron chi connectivity index (χ1n) is 8.59. The van der Waals surface area contributed by atoms with E-state index in [0.717, 1.165) is 0 Å². The Kier molecular flexibility index (Phi) is 5.47. The first kappa shape index (κ1) is 18.6. The molecule has 1 aromatic heterocycles. The number of nitriles is 1. The molecule has 1 aliphatic carbocycles. The summed E-state index contributed by atoms with van der Waals surface area (Å²) in [7, 11) is 1.42. The van der Waals surface area contributed by atoms with Crippen molar-refractivity contribution >= 4 is 23.5 Å². The van der Waals surface area contributed by atoms with E-state index in [1.54, 1.807) is 0 Å². The van der Waals surface area contributed by atoms with Gasteiger partial charge in [-0.05, 0) is 32.1 Å². The highest BCUT2D eigenvalue weighted by atomic mass is 35.5. The molecule has 0 radical (unpaired) electrons. The number of aromatic nitrogens is 2. The third-order valence-electron chi connectivity index (χ3n) is 5.17. The average molecular weight is 382 g/mol. The molecule has 3 rings (SSSR count). The molecule has 2 aliphatic rings. The standard InChI is InChI=1S/C17H21ClFN5O2/c1-8(22-17-21-7-10(6-20)16(24-17)26-2)12-4-9-3-11(18)5-13(19)14(9)23-15(12)25/h7-9,11-14H,3-5H2,1-2H3,(H,23,25)(H,21,22,24)/t8-,9?,11?,12?,13?,14?/m0/s1. The first-order valence-corrected chi connectivity index (χ1v) is 9.02. The van der Waals surface area contributed by atoms with Gasteiger partial charge in [-0.25, -0.2) is 9.37 Å². The molecule has 7 nitrogen and oxygen atoms in total. The normalized spacial score (nSPS) is 32.0. The Bertz CT molecular complexity index is 728. The van der Waals surface area contributed by atoms with Crippen LogP contribution in [0, 0.1) is 23.2 Å². The minimum atomic E-state index is -1.10. The number of nitrogens with one attached hydrogen (secondary N) is 2. The number of piperidine rings is 1. The predicted octanol–water partition coefficient (Wildman–Crippen LogP) is 2.02. The molecule has 1 saturated heterocycles. The number of amides is 1. The number of methoxy groups -OCH3 is 1. The zero-order chi connectivity index (χ0) is 18.8. The monoisotopic (exact) mass is 381 g/mol. The molecule has 1 saturated carbocycles.